The fourth-order valence-corrected chi connectivity index (χ4v) is 1.84. The van der Waals surface area contributed by atoms with Gasteiger partial charge in [0.1, 0.15) is 5.69 Å². The number of hydrogen-bond acceptors (Lipinski definition) is 3. The largest absolute Gasteiger partial charge is 0.251 e. The lowest BCUT2D eigenvalue weighted by Crippen LogP contribution is -1.89. The molecule has 0 aliphatic rings. The molecule has 3 nitrogen and oxygen atoms in total. The van der Waals surface area contributed by atoms with Crippen LogP contribution in [0.5, 0.6) is 0 Å². The maximum absolute atomic E-state index is 5.95. The lowest BCUT2D eigenvalue weighted by molar-refractivity contribution is 1.09. The van der Waals surface area contributed by atoms with Crippen molar-refractivity contribution in [3.05, 3.63) is 52.0 Å². The van der Waals surface area contributed by atoms with Crippen molar-refractivity contribution in [2.24, 2.45) is 4.99 Å². The number of nitrogens with zero attached hydrogens (tertiary/aromatic N) is 3. The third kappa shape index (κ3) is 3.02. The molecule has 2 rings (SSSR count). The Labute approximate surface area is 109 Å². The molecule has 17 heavy (non-hydrogen) atoms. The second-order valence-corrected chi connectivity index (χ2v) is 4.08. The summed E-state index contributed by atoms with van der Waals surface area (Å²) >= 11 is 11.6. The Hall–Kier alpha value is -1.45. The van der Waals surface area contributed by atoms with Crippen molar-refractivity contribution in [3.63, 3.8) is 0 Å². The van der Waals surface area contributed by atoms with Crippen molar-refractivity contribution in [2.75, 3.05) is 0 Å². The highest BCUT2D eigenvalue weighted by Gasteiger charge is 2.07. The van der Waals surface area contributed by atoms with Gasteiger partial charge in [0.15, 0.2) is 5.15 Å². The van der Waals surface area contributed by atoms with E-state index in [1.165, 1.54) is 0 Å². The molecule has 0 saturated heterocycles. The van der Waals surface area contributed by atoms with Crippen LogP contribution in [0.3, 0.4) is 0 Å². The van der Waals surface area contributed by atoms with E-state index in [9.17, 15) is 0 Å². The molecule has 1 aromatic carbocycles. The van der Waals surface area contributed by atoms with Crippen molar-refractivity contribution < 1.29 is 0 Å². The Morgan fingerprint density at radius 2 is 1.82 bits per heavy atom. The number of aromatic nitrogens is 2. The topological polar surface area (TPSA) is 38.1 Å². The van der Waals surface area contributed by atoms with Gasteiger partial charge < -0.3 is 0 Å². The average Bonchev–Trinajstić information content (AvgIpc) is 2.29. The zero-order valence-corrected chi connectivity index (χ0v) is 10.6. The fourth-order valence-electron chi connectivity index (χ4n) is 1.32. The van der Waals surface area contributed by atoms with E-state index in [1.54, 1.807) is 13.1 Å². The molecule has 0 aliphatic carbocycles. The van der Waals surface area contributed by atoms with E-state index in [0.717, 1.165) is 5.56 Å². The number of aliphatic imine (C=N–C) groups is 1. The summed E-state index contributed by atoms with van der Waals surface area (Å²) in [6, 6.07) is 9.72. The lowest BCUT2D eigenvalue weighted by Gasteiger charge is -2.01. The van der Waals surface area contributed by atoms with Gasteiger partial charge in [-0.25, -0.2) is 9.97 Å². The molecule has 5 heteroatoms. The van der Waals surface area contributed by atoms with Crippen LogP contribution in [0.4, 0.5) is 5.69 Å². The Morgan fingerprint density at radius 1 is 1.12 bits per heavy atom. The van der Waals surface area contributed by atoms with Crippen molar-refractivity contribution in [2.45, 2.75) is 6.92 Å². The average molecular weight is 266 g/mol. The Morgan fingerprint density at radius 3 is 2.47 bits per heavy atom. The summed E-state index contributed by atoms with van der Waals surface area (Å²) in [7, 11) is 0. The van der Waals surface area contributed by atoms with E-state index in [-0.39, 0.29) is 10.4 Å². The molecule has 0 saturated carbocycles. The maximum atomic E-state index is 5.95. The first-order chi connectivity index (χ1) is 8.16. The van der Waals surface area contributed by atoms with Crippen LogP contribution in [0.15, 0.2) is 35.3 Å². The van der Waals surface area contributed by atoms with E-state index < -0.39 is 0 Å². The minimum Gasteiger partial charge on any atom is -0.251 e. The SMILES string of the molecule is Cc1nc(Cl)nc(Cl)c1N=Cc1ccccc1. The molecule has 86 valence electrons. The van der Waals surface area contributed by atoms with Gasteiger partial charge in [-0.2, -0.15) is 0 Å². The number of hydrogen-bond donors (Lipinski definition) is 0. The first kappa shape index (κ1) is 12.0. The second kappa shape index (κ2) is 5.25. The van der Waals surface area contributed by atoms with Crippen molar-refractivity contribution in [1.82, 2.24) is 9.97 Å². The molecule has 0 unspecified atom stereocenters. The molecular weight excluding hydrogens is 257 g/mol. The number of halogens is 2. The van der Waals surface area contributed by atoms with Crippen molar-refractivity contribution in [3.8, 4) is 0 Å². The Balaban J connectivity index is 2.34. The van der Waals surface area contributed by atoms with Crippen LogP contribution in [-0.2, 0) is 0 Å². The molecule has 0 bridgehead atoms. The number of rotatable bonds is 2. The molecule has 0 aliphatic heterocycles. The van der Waals surface area contributed by atoms with Crippen LogP contribution < -0.4 is 0 Å². The Kier molecular flexibility index (Phi) is 3.71. The van der Waals surface area contributed by atoms with E-state index in [2.05, 4.69) is 15.0 Å². The summed E-state index contributed by atoms with van der Waals surface area (Å²) < 4.78 is 0. The summed E-state index contributed by atoms with van der Waals surface area (Å²) in [4.78, 5) is 12.1. The first-order valence-corrected chi connectivity index (χ1v) is 5.71. The first-order valence-electron chi connectivity index (χ1n) is 4.95. The molecule has 0 radical (unpaired) electrons. The predicted octanol–water partition coefficient (Wildman–Crippen LogP) is 3.84. The molecule has 1 aromatic heterocycles. The molecule has 2 aromatic rings. The van der Waals surface area contributed by atoms with Gasteiger partial charge in [0.2, 0.25) is 5.28 Å². The lowest BCUT2D eigenvalue weighted by atomic mass is 10.2. The van der Waals surface area contributed by atoms with Crippen LogP contribution in [0, 0.1) is 6.92 Å². The summed E-state index contributed by atoms with van der Waals surface area (Å²) in [5, 5.41) is 0.390. The van der Waals surface area contributed by atoms with Gasteiger partial charge in [-0.1, -0.05) is 41.9 Å². The standard InChI is InChI=1S/C12H9Cl2N3/c1-8-10(11(13)17-12(14)16-8)15-7-9-5-3-2-4-6-9/h2-7H,1H3. The second-order valence-electron chi connectivity index (χ2n) is 3.39. The highest BCUT2D eigenvalue weighted by molar-refractivity contribution is 6.33. The van der Waals surface area contributed by atoms with E-state index >= 15 is 0 Å². The molecule has 1 heterocycles. The third-order valence-electron chi connectivity index (χ3n) is 2.13. The van der Waals surface area contributed by atoms with Crippen LogP contribution in [0.25, 0.3) is 0 Å². The van der Waals surface area contributed by atoms with Gasteiger partial charge in [0.25, 0.3) is 0 Å². The number of benzene rings is 1. The maximum Gasteiger partial charge on any atom is 0.224 e. The van der Waals surface area contributed by atoms with Crippen LogP contribution >= 0.6 is 23.2 Å². The summed E-state index contributed by atoms with van der Waals surface area (Å²) in [5.74, 6) is 0. The van der Waals surface area contributed by atoms with Crippen molar-refractivity contribution in [1.29, 1.82) is 0 Å². The zero-order valence-electron chi connectivity index (χ0n) is 9.06. The van der Waals surface area contributed by atoms with Gasteiger partial charge in [-0.3, -0.25) is 4.99 Å². The number of aryl methyl sites for hydroxylation is 1. The molecule has 0 N–H and O–H groups in total. The minimum atomic E-state index is 0.131. The van der Waals surface area contributed by atoms with Crippen LogP contribution in [0.1, 0.15) is 11.3 Å². The molecule has 0 amide bonds. The fraction of sp³-hybridized carbons (Fsp3) is 0.0833. The highest BCUT2D eigenvalue weighted by atomic mass is 35.5. The van der Waals surface area contributed by atoms with Gasteiger partial charge in [-0.15, -0.1) is 0 Å². The van der Waals surface area contributed by atoms with E-state index in [0.29, 0.717) is 11.4 Å². The summed E-state index contributed by atoms with van der Waals surface area (Å²) in [5.41, 5.74) is 2.18. The van der Waals surface area contributed by atoms with Crippen molar-refractivity contribution >= 4 is 35.1 Å². The minimum absolute atomic E-state index is 0.131. The van der Waals surface area contributed by atoms with Gasteiger partial charge >= 0.3 is 0 Å². The molecule has 0 atom stereocenters. The van der Waals surface area contributed by atoms with Gasteiger partial charge in [0.05, 0.1) is 5.69 Å². The van der Waals surface area contributed by atoms with Crippen LogP contribution in [-0.4, -0.2) is 16.2 Å². The van der Waals surface area contributed by atoms with Gasteiger partial charge in [0, 0.05) is 6.21 Å². The quantitative estimate of drug-likeness (QED) is 0.470. The normalized spacial score (nSPS) is 11.0. The highest BCUT2D eigenvalue weighted by Crippen LogP contribution is 2.26. The summed E-state index contributed by atoms with van der Waals surface area (Å²) in [6.07, 6.45) is 1.71. The molecule has 0 fully saturated rings. The summed E-state index contributed by atoms with van der Waals surface area (Å²) in [6.45, 7) is 1.79. The third-order valence-corrected chi connectivity index (χ3v) is 2.56. The zero-order chi connectivity index (χ0) is 12.3. The van der Waals surface area contributed by atoms with E-state index in [1.807, 2.05) is 30.3 Å². The molecule has 0 spiro atoms. The van der Waals surface area contributed by atoms with E-state index in [4.69, 9.17) is 23.2 Å². The Bertz CT molecular complexity index is 530. The molecular formula is C12H9Cl2N3. The predicted molar refractivity (Wildman–Crippen MR) is 70.5 cm³/mol. The monoisotopic (exact) mass is 265 g/mol. The van der Waals surface area contributed by atoms with Gasteiger partial charge in [-0.05, 0) is 24.1 Å². The van der Waals surface area contributed by atoms with Crippen LogP contribution in [0.2, 0.25) is 10.4 Å². The smallest absolute Gasteiger partial charge is 0.224 e.